The molecule has 0 radical (unpaired) electrons. The number of benzene rings is 1. The summed E-state index contributed by atoms with van der Waals surface area (Å²) in [6.45, 7) is 2.45. The normalized spacial score (nSPS) is 24.0. The van der Waals surface area contributed by atoms with Gasteiger partial charge in [0.05, 0.1) is 0 Å². The lowest BCUT2D eigenvalue weighted by atomic mass is 9.73. The molecule has 0 spiro atoms. The molecule has 3 unspecified atom stereocenters. The van der Waals surface area contributed by atoms with E-state index in [1.807, 2.05) is 13.0 Å². The van der Waals surface area contributed by atoms with Gasteiger partial charge in [0.2, 0.25) is 0 Å². The summed E-state index contributed by atoms with van der Waals surface area (Å²) in [5.41, 5.74) is 0.902. The topological polar surface area (TPSA) is 35.5 Å². The molecule has 116 valence electrons. The fourth-order valence-electron chi connectivity index (χ4n) is 3.16. The Kier molecular flexibility index (Phi) is 5.88. The fourth-order valence-corrected chi connectivity index (χ4v) is 3.16. The standard InChI is InChI=1S/C17H23FO3/c1-3-21-17(20-2)11-15-14(8-5-9-16(15)19)12-6-4-7-13(18)10-12/h4,6-7,10,14-15,17H,3,5,8-9,11H2,1-2H3. The minimum absolute atomic E-state index is 0.0556. The molecular weight excluding hydrogens is 271 g/mol. The van der Waals surface area contributed by atoms with Gasteiger partial charge in [0.15, 0.2) is 6.29 Å². The van der Waals surface area contributed by atoms with Crippen LogP contribution in [-0.4, -0.2) is 25.8 Å². The second-order valence-electron chi connectivity index (χ2n) is 5.48. The SMILES string of the molecule is CCOC(CC1C(=O)CCCC1c1cccc(F)c1)OC. The summed E-state index contributed by atoms with van der Waals surface area (Å²) in [6.07, 6.45) is 2.52. The van der Waals surface area contributed by atoms with Gasteiger partial charge in [-0.15, -0.1) is 0 Å². The predicted molar refractivity (Wildman–Crippen MR) is 78.5 cm³/mol. The van der Waals surface area contributed by atoms with Crippen molar-refractivity contribution in [3.8, 4) is 0 Å². The number of methoxy groups -OCH3 is 1. The van der Waals surface area contributed by atoms with Gasteiger partial charge in [0.25, 0.3) is 0 Å². The molecule has 0 aromatic heterocycles. The van der Waals surface area contributed by atoms with Crippen LogP contribution >= 0.6 is 0 Å². The molecule has 21 heavy (non-hydrogen) atoms. The molecule has 3 nitrogen and oxygen atoms in total. The number of ether oxygens (including phenoxy) is 2. The van der Waals surface area contributed by atoms with Crippen LogP contribution in [0.1, 0.15) is 44.1 Å². The van der Waals surface area contributed by atoms with Crippen molar-refractivity contribution in [2.45, 2.75) is 44.8 Å². The Morgan fingerprint density at radius 1 is 1.43 bits per heavy atom. The molecule has 1 aliphatic rings. The highest BCUT2D eigenvalue weighted by atomic mass is 19.1. The number of rotatable bonds is 6. The third-order valence-electron chi connectivity index (χ3n) is 4.18. The maximum atomic E-state index is 13.5. The average molecular weight is 294 g/mol. The van der Waals surface area contributed by atoms with E-state index in [2.05, 4.69) is 0 Å². The van der Waals surface area contributed by atoms with Crippen molar-refractivity contribution < 1.29 is 18.7 Å². The molecule has 2 rings (SSSR count). The van der Waals surface area contributed by atoms with Gasteiger partial charge in [-0.1, -0.05) is 12.1 Å². The Morgan fingerprint density at radius 2 is 2.24 bits per heavy atom. The Morgan fingerprint density at radius 3 is 2.90 bits per heavy atom. The first-order valence-electron chi connectivity index (χ1n) is 7.58. The zero-order valence-corrected chi connectivity index (χ0v) is 12.7. The highest BCUT2D eigenvalue weighted by Gasteiger charge is 2.35. The van der Waals surface area contributed by atoms with Crippen LogP contribution in [-0.2, 0) is 14.3 Å². The summed E-state index contributed by atoms with van der Waals surface area (Å²) in [5, 5.41) is 0. The number of ketones is 1. The number of carbonyl (C=O) groups is 1. The predicted octanol–water partition coefficient (Wildman–Crippen LogP) is 3.68. The summed E-state index contributed by atoms with van der Waals surface area (Å²) >= 11 is 0. The molecule has 0 bridgehead atoms. The van der Waals surface area contributed by atoms with E-state index >= 15 is 0 Å². The molecule has 0 amide bonds. The summed E-state index contributed by atoms with van der Waals surface area (Å²) in [6, 6.07) is 6.58. The van der Waals surface area contributed by atoms with Crippen molar-refractivity contribution >= 4 is 5.78 Å². The van der Waals surface area contributed by atoms with Crippen molar-refractivity contribution in [3.63, 3.8) is 0 Å². The van der Waals surface area contributed by atoms with E-state index in [0.717, 1.165) is 18.4 Å². The minimum Gasteiger partial charge on any atom is -0.356 e. The molecule has 1 fully saturated rings. The van der Waals surface area contributed by atoms with Crippen molar-refractivity contribution in [1.82, 2.24) is 0 Å². The molecule has 3 atom stereocenters. The molecule has 0 aliphatic heterocycles. The monoisotopic (exact) mass is 294 g/mol. The quantitative estimate of drug-likeness (QED) is 0.751. The van der Waals surface area contributed by atoms with Crippen LogP contribution < -0.4 is 0 Å². The van der Waals surface area contributed by atoms with Gasteiger partial charge in [-0.05, 0) is 43.4 Å². The van der Waals surface area contributed by atoms with Crippen LogP contribution in [0, 0.1) is 11.7 Å². The van der Waals surface area contributed by atoms with Crippen LogP contribution in [0.2, 0.25) is 0 Å². The molecule has 1 aromatic rings. The van der Waals surface area contributed by atoms with Crippen molar-refractivity contribution in [2.24, 2.45) is 5.92 Å². The van der Waals surface area contributed by atoms with Gasteiger partial charge >= 0.3 is 0 Å². The lowest BCUT2D eigenvalue weighted by Gasteiger charge is -2.32. The second-order valence-corrected chi connectivity index (χ2v) is 5.48. The molecule has 0 N–H and O–H groups in total. The molecule has 4 heteroatoms. The first kappa shape index (κ1) is 16.1. The zero-order chi connectivity index (χ0) is 15.2. The van der Waals surface area contributed by atoms with E-state index in [1.54, 1.807) is 19.2 Å². The third-order valence-corrected chi connectivity index (χ3v) is 4.18. The van der Waals surface area contributed by atoms with Gasteiger partial charge in [0, 0.05) is 32.5 Å². The van der Waals surface area contributed by atoms with Gasteiger partial charge in [-0.25, -0.2) is 4.39 Å². The number of carbonyl (C=O) groups excluding carboxylic acids is 1. The van der Waals surface area contributed by atoms with Crippen molar-refractivity contribution in [3.05, 3.63) is 35.6 Å². The van der Waals surface area contributed by atoms with Crippen LogP contribution in [0.4, 0.5) is 4.39 Å². The fraction of sp³-hybridized carbons (Fsp3) is 0.588. The Labute approximate surface area is 125 Å². The van der Waals surface area contributed by atoms with E-state index in [4.69, 9.17) is 9.47 Å². The molecule has 0 heterocycles. The molecular formula is C17H23FO3. The lowest BCUT2D eigenvalue weighted by Crippen LogP contribution is -2.32. The largest absolute Gasteiger partial charge is 0.356 e. The first-order valence-corrected chi connectivity index (χ1v) is 7.58. The van der Waals surface area contributed by atoms with Crippen LogP contribution in [0.15, 0.2) is 24.3 Å². The Bertz CT molecular complexity index is 475. The maximum absolute atomic E-state index is 13.5. The highest BCUT2D eigenvalue weighted by Crippen LogP contribution is 2.38. The molecule has 0 saturated heterocycles. The summed E-state index contributed by atoms with van der Waals surface area (Å²) in [7, 11) is 1.59. The maximum Gasteiger partial charge on any atom is 0.157 e. The number of halogens is 1. The van der Waals surface area contributed by atoms with Crippen molar-refractivity contribution in [1.29, 1.82) is 0 Å². The van der Waals surface area contributed by atoms with Gasteiger partial charge in [-0.2, -0.15) is 0 Å². The summed E-state index contributed by atoms with van der Waals surface area (Å²) in [5.74, 6) is -0.119. The van der Waals surface area contributed by atoms with Gasteiger partial charge in [0.1, 0.15) is 11.6 Å². The van der Waals surface area contributed by atoms with E-state index in [0.29, 0.717) is 19.4 Å². The third kappa shape index (κ3) is 4.11. The molecule has 1 aliphatic carbocycles. The number of hydrogen-bond acceptors (Lipinski definition) is 3. The molecule has 1 saturated carbocycles. The number of Topliss-reactive ketones (excluding diaryl/α,β-unsaturated/α-hetero) is 1. The highest BCUT2D eigenvalue weighted by molar-refractivity contribution is 5.82. The van der Waals surface area contributed by atoms with E-state index in [-0.39, 0.29) is 29.7 Å². The zero-order valence-electron chi connectivity index (χ0n) is 12.7. The summed E-state index contributed by atoms with van der Waals surface area (Å²) in [4.78, 5) is 12.3. The molecule has 1 aromatic carbocycles. The van der Waals surface area contributed by atoms with Gasteiger partial charge < -0.3 is 9.47 Å². The Balaban J connectivity index is 2.18. The number of hydrogen-bond donors (Lipinski definition) is 0. The average Bonchev–Trinajstić information content (AvgIpc) is 2.48. The van der Waals surface area contributed by atoms with Crippen LogP contribution in [0.25, 0.3) is 0 Å². The van der Waals surface area contributed by atoms with Gasteiger partial charge in [-0.3, -0.25) is 4.79 Å². The summed E-state index contributed by atoms with van der Waals surface area (Å²) < 4.78 is 24.3. The minimum atomic E-state index is -0.377. The first-order chi connectivity index (χ1) is 10.2. The van der Waals surface area contributed by atoms with Crippen LogP contribution in [0.5, 0.6) is 0 Å². The Hall–Kier alpha value is -1.26. The second kappa shape index (κ2) is 7.66. The van der Waals surface area contributed by atoms with Crippen molar-refractivity contribution in [2.75, 3.05) is 13.7 Å². The smallest absolute Gasteiger partial charge is 0.157 e. The van der Waals surface area contributed by atoms with E-state index in [1.165, 1.54) is 6.07 Å². The lowest BCUT2D eigenvalue weighted by molar-refractivity contribution is -0.145. The van der Waals surface area contributed by atoms with E-state index < -0.39 is 0 Å². The van der Waals surface area contributed by atoms with Crippen LogP contribution in [0.3, 0.4) is 0 Å². The van der Waals surface area contributed by atoms with E-state index in [9.17, 15) is 9.18 Å².